The Hall–Kier alpha value is -1.35. The molecule has 25 heavy (non-hydrogen) atoms. The first-order valence-corrected chi connectivity index (χ1v) is 9.86. The Morgan fingerprint density at radius 3 is 2.12 bits per heavy atom. The second kappa shape index (κ2) is 6.42. The standard InChI is InChI=1S/C22H31NO2/c1-15(22-11-17-8-18(12-22)10-19(9-17)13-22)23(2)14-16-4-6-20(7-5-16)21(24)25-3/h4-7,15,17-19H,8-14H2,1-3H3. The van der Waals surface area contributed by atoms with Gasteiger partial charge in [-0.1, -0.05) is 12.1 Å². The molecule has 0 heterocycles. The molecule has 3 nitrogen and oxygen atoms in total. The van der Waals surface area contributed by atoms with E-state index in [9.17, 15) is 4.79 Å². The SMILES string of the molecule is COC(=O)c1ccc(CN(C)C(C)C23CC4CC(CC(C4)C2)C3)cc1. The summed E-state index contributed by atoms with van der Waals surface area (Å²) in [5.74, 6) is 2.74. The van der Waals surface area contributed by atoms with Crippen LogP contribution in [0.1, 0.15) is 61.4 Å². The van der Waals surface area contributed by atoms with Crippen molar-refractivity contribution in [1.82, 2.24) is 4.90 Å². The zero-order valence-corrected chi connectivity index (χ0v) is 15.8. The topological polar surface area (TPSA) is 29.5 Å². The van der Waals surface area contributed by atoms with Gasteiger partial charge in [0.05, 0.1) is 12.7 Å². The lowest BCUT2D eigenvalue weighted by atomic mass is 9.47. The van der Waals surface area contributed by atoms with E-state index < -0.39 is 0 Å². The summed E-state index contributed by atoms with van der Waals surface area (Å²) in [6.07, 6.45) is 8.86. The van der Waals surface area contributed by atoms with Crippen molar-refractivity contribution in [2.45, 2.75) is 58.0 Å². The normalized spacial score (nSPS) is 34.3. The van der Waals surface area contributed by atoms with E-state index in [2.05, 4.69) is 31.0 Å². The van der Waals surface area contributed by atoms with Crippen molar-refractivity contribution in [3.63, 3.8) is 0 Å². The monoisotopic (exact) mass is 341 g/mol. The van der Waals surface area contributed by atoms with Crippen LogP contribution in [-0.2, 0) is 11.3 Å². The predicted octanol–water partition coefficient (Wildman–Crippen LogP) is 4.51. The number of methoxy groups -OCH3 is 1. The van der Waals surface area contributed by atoms with Crippen molar-refractivity contribution in [1.29, 1.82) is 0 Å². The number of carbonyl (C=O) groups is 1. The quantitative estimate of drug-likeness (QED) is 0.738. The van der Waals surface area contributed by atoms with E-state index in [-0.39, 0.29) is 5.97 Å². The molecular weight excluding hydrogens is 310 g/mol. The third-order valence-corrected chi connectivity index (χ3v) is 7.44. The second-order valence-electron chi connectivity index (χ2n) is 9.06. The number of hydrogen-bond acceptors (Lipinski definition) is 3. The molecule has 4 fully saturated rings. The summed E-state index contributed by atoms with van der Waals surface area (Å²) >= 11 is 0. The van der Waals surface area contributed by atoms with Gasteiger partial charge in [-0.15, -0.1) is 0 Å². The second-order valence-corrected chi connectivity index (χ2v) is 9.06. The number of nitrogens with zero attached hydrogens (tertiary/aromatic N) is 1. The molecule has 0 N–H and O–H groups in total. The van der Waals surface area contributed by atoms with Gasteiger partial charge in [0.15, 0.2) is 0 Å². The maximum Gasteiger partial charge on any atom is 0.337 e. The van der Waals surface area contributed by atoms with Crippen LogP contribution in [0.4, 0.5) is 0 Å². The largest absolute Gasteiger partial charge is 0.465 e. The minimum Gasteiger partial charge on any atom is -0.465 e. The van der Waals surface area contributed by atoms with Crippen LogP contribution >= 0.6 is 0 Å². The molecule has 1 aromatic carbocycles. The lowest BCUT2D eigenvalue weighted by Gasteiger charge is -2.60. The number of ether oxygens (including phenoxy) is 1. The first kappa shape index (κ1) is 17.1. The number of rotatable bonds is 5. The van der Waals surface area contributed by atoms with E-state index >= 15 is 0 Å². The van der Waals surface area contributed by atoms with Gasteiger partial charge in [-0.2, -0.15) is 0 Å². The lowest BCUT2D eigenvalue weighted by Crippen LogP contribution is -2.55. The Bertz CT molecular complexity index is 601. The first-order valence-electron chi connectivity index (χ1n) is 9.86. The Kier molecular flexibility index (Phi) is 4.39. The molecule has 1 atom stereocenters. The molecule has 0 aromatic heterocycles. The van der Waals surface area contributed by atoms with Crippen molar-refractivity contribution < 1.29 is 9.53 Å². The molecule has 4 aliphatic carbocycles. The Morgan fingerprint density at radius 2 is 1.64 bits per heavy atom. The van der Waals surface area contributed by atoms with E-state index in [1.54, 1.807) is 0 Å². The highest BCUT2D eigenvalue weighted by atomic mass is 16.5. The molecule has 0 spiro atoms. The fourth-order valence-electron chi connectivity index (χ4n) is 6.45. The maximum atomic E-state index is 11.6. The van der Waals surface area contributed by atoms with Crippen LogP contribution in [0.5, 0.6) is 0 Å². The molecule has 0 aliphatic heterocycles. The van der Waals surface area contributed by atoms with Crippen molar-refractivity contribution in [3.8, 4) is 0 Å². The van der Waals surface area contributed by atoms with Crippen LogP contribution in [-0.4, -0.2) is 31.1 Å². The number of esters is 1. The van der Waals surface area contributed by atoms with Crippen molar-refractivity contribution in [3.05, 3.63) is 35.4 Å². The van der Waals surface area contributed by atoms with Gasteiger partial charge < -0.3 is 4.74 Å². The highest BCUT2D eigenvalue weighted by Gasteiger charge is 2.53. The molecule has 4 saturated carbocycles. The summed E-state index contributed by atoms with van der Waals surface area (Å²) in [5.41, 5.74) is 2.45. The molecular formula is C22H31NO2. The van der Waals surface area contributed by atoms with E-state index in [4.69, 9.17) is 4.74 Å². The van der Waals surface area contributed by atoms with Crippen LogP contribution in [0.15, 0.2) is 24.3 Å². The maximum absolute atomic E-state index is 11.6. The Balaban J connectivity index is 1.44. The highest BCUT2D eigenvalue weighted by Crippen LogP contribution is 2.61. The number of carbonyl (C=O) groups excluding carboxylic acids is 1. The minimum absolute atomic E-state index is 0.262. The van der Waals surface area contributed by atoms with Crippen LogP contribution < -0.4 is 0 Å². The Morgan fingerprint density at radius 1 is 1.12 bits per heavy atom. The van der Waals surface area contributed by atoms with Crippen LogP contribution in [0.2, 0.25) is 0 Å². The van der Waals surface area contributed by atoms with E-state index in [1.165, 1.54) is 51.2 Å². The first-order chi connectivity index (χ1) is 12.0. The van der Waals surface area contributed by atoms with Gasteiger partial charge in [0.25, 0.3) is 0 Å². The van der Waals surface area contributed by atoms with Gasteiger partial charge in [-0.05, 0) is 93.4 Å². The summed E-state index contributed by atoms with van der Waals surface area (Å²) in [6, 6.07) is 8.51. The molecule has 4 bridgehead atoms. The van der Waals surface area contributed by atoms with Crippen LogP contribution in [0.3, 0.4) is 0 Å². The molecule has 1 aromatic rings. The number of benzene rings is 1. The van der Waals surface area contributed by atoms with Crippen LogP contribution in [0.25, 0.3) is 0 Å². The Labute approximate surface area is 151 Å². The fourth-order valence-corrected chi connectivity index (χ4v) is 6.45. The molecule has 3 heteroatoms. The lowest BCUT2D eigenvalue weighted by molar-refractivity contribution is -0.0938. The third kappa shape index (κ3) is 3.12. The molecule has 0 amide bonds. The predicted molar refractivity (Wildman–Crippen MR) is 99.3 cm³/mol. The average Bonchev–Trinajstić information content (AvgIpc) is 2.60. The van der Waals surface area contributed by atoms with Gasteiger partial charge in [-0.3, -0.25) is 4.90 Å². The number of hydrogen-bond donors (Lipinski definition) is 0. The molecule has 1 unspecified atom stereocenters. The van der Waals surface area contributed by atoms with Gasteiger partial charge in [0, 0.05) is 12.6 Å². The summed E-state index contributed by atoms with van der Waals surface area (Å²) in [7, 11) is 3.70. The van der Waals surface area contributed by atoms with Crippen molar-refractivity contribution in [2.75, 3.05) is 14.2 Å². The van der Waals surface area contributed by atoms with Crippen molar-refractivity contribution >= 4 is 5.97 Å². The molecule has 0 saturated heterocycles. The molecule has 4 aliphatic rings. The van der Waals surface area contributed by atoms with Crippen molar-refractivity contribution in [2.24, 2.45) is 23.2 Å². The molecule has 0 radical (unpaired) electrons. The van der Waals surface area contributed by atoms with Gasteiger partial charge in [-0.25, -0.2) is 4.79 Å². The fraction of sp³-hybridized carbons (Fsp3) is 0.682. The zero-order chi connectivity index (χ0) is 17.6. The summed E-state index contributed by atoms with van der Waals surface area (Å²) in [6.45, 7) is 3.40. The van der Waals surface area contributed by atoms with E-state index in [0.717, 1.165) is 24.3 Å². The van der Waals surface area contributed by atoms with Gasteiger partial charge in [0.1, 0.15) is 0 Å². The smallest absolute Gasteiger partial charge is 0.337 e. The van der Waals surface area contributed by atoms with Gasteiger partial charge >= 0.3 is 5.97 Å². The minimum atomic E-state index is -0.262. The average molecular weight is 341 g/mol. The zero-order valence-electron chi connectivity index (χ0n) is 15.8. The summed E-state index contributed by atoms with van der Waals surface area (Å²) < 4.78 is 4.78. The van der Waals surface area contributed by atoms with E-state index in [0.29, 0.717) is 17.0 Å². The third-order valence-electron chi connectivity index (χ3n) is 7.44. The highest BCUT2D eigenvalue weighted by molar-refractivity contribution is 5.89. The van der Waals surface area contributed by atoms with Gasteiger partial charge in [0.2, 0.25) is 0 Å². The van der Waals surface area contributed by atoms with E-state index in [1.807, 2.05) is 12.1 Å². The molecule has 5 rings (SSSR count). The molecule has 136 valence electrons. The summed E-state index contributed by atoms with van der Waals surface area (Å²) in [5, 5.41) is 0. The summed E-state index contributed by atoms with van der Waals surface area (Å²) in [4.78, 5) is 14.1. The van der Waals surface area contributed by atoms with Crippen LogP contribution in [0, 0.1) is 23.2 Å².